The molecule has 0 fully saturated rings. The molecule has 0 aliphatic carbocycles. The number of ether oxygens (including phenoxy) is 1. The Bertz CT molecular complexity index is 648. The highest BCUT2D eigenvalue weighted by Gasteiger charge is 2.17. The SMILES string of the molecule is CCCCC(CCC)OC(=O)NC(C)c1cccc2ccccc12. The number of rotatable bonds is 8. The third-order valence-electron chi connectivity index (χ3n) is 4.39. The Morgan fingerprint density at radius 1 is 1.04 bits per heavy atom. The molecule has 2 aromatic carbocycles. The van der Waals surface area contributed by atoms with Crippen molar-refractivity contribution in [3.63, 3.8) is 0 Å². The summed E-state index contributed by atoms with van der Waals surface area (Å²) < 4.78 is 5.65. The van der Waals surface area contributed by atoms with Gasteiger partial charge in [0.1, 0.15) is 6.10 Å². The molecule has 0 spiro atoms. The lowest BCUT2D eigenvalue weighted by Gasteiger charge is -2.21. The van der Waals surface area contributed by atoms with Gasteiger partial charge in [0.2, 0.25) is 0 Å². The van der Waals surface area contributed by atoms with Gasteiger partial charge in [0.25, 0.3) is 0 Å². The Kier molecular flexibility index (Phi) is 7.10. The molecule has 1 amide bonds. The molecule has 0 radical (unpaired) electrons. The Morgan fingerprint density at radius 2 is 1.79 bits per heavy atom. The third kappa shape index (κ3) is 4.98. The number of nitrogens with one attached hydrogen (secondary N) is 1. The van der Waals surface area contributed by atoms with Gasteiger partial charge in [0.05, 0.1) is 6.04 Å². The standard InChI is InChI=1S/C21H29NO2/c1-4-6-13-18(10-5-2)24-21(23)22-16(3)19-15-9-12-17-11-7-8-14-20(17)19/h7-9,11-12,14-16,18H,4-6,10,13H2,1-3H3,(H,22,23). The fraction of sp³-hybridized carbons (Fsp3) is 0.476. The number of alkyl carbamates (subject to hydrolysis) is 1. The van der Waals surface area contributed by atoms with E-state index in [1.807, 2.05) is 25.1 Å². The van der Waals surface area contributed by atoms with Crippen molar-refractivity contribution in [1.82, 2.24) is 5.32 Å². The Balaban J connectivity index is 2.02. The van der Waals surface area contributed by atoms with Gasteiger partial charge in [-0.15, -0.1) is 0 Å². The van der Waals surface area contributed by atoms with Crippen molar-refractivity contribution in [2.24, 2.45) is 0 Å². The van der Waals surface area contributed by atoms with Crippen LogP contribution < -0.4 is 5.32 Å². The molecule has 3 heteroatoms. The molecule has 2 atom stereocenters. The minimum absolute atomic E-state index is 0.0228. The van der Waals surface area contributed by atoms with Crippen LogP contribution in [0.3, 0.4) is 0 Å². The highest BCUT2D eigenvalue weighted by atomic mass is 16.6. The van der Waals surface area contributed by atoms with E-state index < -0.39 is 0 Å². The van der Waals surface area contributed by atoms with E-state index >= 15 is 0 Å². The van der Waals surface area contributed by atoms with E-state index in [-0.39, 0.29) is 18.2 Å². The third-order valence-corrected chi connectivity index (χ3v) is 4.39. The predicted octanol–water partition coefficient (Wildman–Crippen LogP) is 5.99. The number of carbonyl (C=O) groups is 1. The number of hydrogen-bond acceptors (Lipinski definition) is 2. The molecule has 130 valence electrons. The van der Waals surface area contributed by atoms with Crippen LogP contribution in [0.25, 0.3) is 10.8 Å². The summed E-state index contributed by atoms with van der Waals surface area (Å²) in [5.74, 6) is 0. The van der Waals surface area contributed by atoms with E-state index in [1.165, 1.54) is 10.8 Å². The summed E-state index contributed by atoms with van der Waals surface area (Å²) in [7, 11) is 0. The van der Waals surface area contributed by atoms with Gasteiger partial charge in [0.15, 0.2) is 0 Å². The summed E-state index contributed by atoms with van der Waals surface area (Å²) in [6.45, 7) is 6.29. The van der Waals surface area contributed by atoms with Crippen molar-refractivity contribution < 1.29 is 9.53 Å². The number of fused-ring (bicyclic) bond motifs is 1. The maximum Gasteiger partial charge on any atom is 0.407 e. The molecule has 1 N–H and O–H groups in total. The fourth-order valence-electron chi connectivity index (χ4n) is 3.08. The quantitative estimate of drug-likeness (QED) is 0.647. The zero-order valence-electron chi connectivity index (χ0n) is 15.0. The molecule has 0 saturated heterocycles. The monoisotopic (exact) mass is 327 g/mol. The van der Waals surface area contributed by atoms with Crippen LogP contribution in [0.2, 0.25) is 0 Å². The zero-order chi connectivity index (χ0) is 17.4. The van der Waals surface area contributed by atoms with Gasteiger partial charge in [-0.3, -0.25) is 0 Å². The van der Waals surface area contributed by atoms with Crippen LogP contribution in [0.1, 0.15) is 64.5 Å². The number of unbranched alkanes of at least 4 members (excludes halogenated alkanes) is 1. The van der Waals surface area contributed by atoms with Crippen molar-refractivity contribution in [3.05, 3.63) is 48.0 Å². The first-order valence-electron chi connectivity index (χ1n) is 9.10. The maximum absolute atomic E-state index is 12.3. The van der Waals surface area contributed by atoms with E-state index in [0.29, 0.717) is 0 Å². The summed E-state index contributed by atoms with van der Waals surface area (Å²) in [6.07, 6.45) is 4.82. The van der Waals surface area contributed by atoms with Crippen LogP contribution in [-0.2, 0) is 4.74 Å². The van der Waals surface area contributed by atoms with Crippen molar-refractivity contribution in [3.8, 4) is 0 Å². The van der Waals surface area contributed by atoms with Gasteiger partial charge >= 0.3 is 6.09 Å². The lowest BCUT2D eigenvalue weighted by Crippen LogP contribution is -2.31. The van der Waals surface area contributed by atoms with E-state index in [9.17, 15) is 4.79 Å². The van der Waals surface area contributed by atoms with E-state index in [2.05, 4.69) is 43.4 Å². The van der Waals surface area contributed by atoms with Gasteiger partial charge < -0.3 is 10.1 Å². The summed E-state index contributed by atoms with van der Waals surface area (Å²) in [6, 6.07) is 14.3. The Hall–Kier alpha value is -2.03. The molecule has 0 aromatic heterocycles. The molecule has 2 aromatic rings. The summed E-state index contributed by atoms with van der Waals surface area (Å²) in [5.41, 5.74) is 1.12. The van der Waals surface area contributed by atoms with Gasteiger partial charge in [0, 0.05) is 0 Å². The normalized spacial score (nSPS) is 13.5. The van der Waals surface area contributed by atoms with E-state index in [0.717, 1.165) is 37.7 Å². The first-order valence-corrected chi connectivity index (χ1v) is 9.10. The lowest BCUT2D eigenvalue weighted by atomic mass is 10.00. The molecule has 3 nitrogen and oxygen atoms in total. The van der Waals surface area contributed by atoms with Crippen molar-refractivity contribution >= 4 is 16.9 Å². The van der Waals surface area contributed by atoms with Gasteiger partial charge in [-0.2, -0.15) is 0 Å². The van der Waals surface area contributed by atoms with Crippen LogP contribution in [0.5, 0.6) is 0 Å². The second kappa shape index (κ2) is 9.31. The van der Waals surface area contributed by atoms with Gasteiger partial charge in [-0.05, 0) is 36.1 Å². The summed E-state index contributed by atoms with van der Waals surface area (Å²) >= 11 is 0. The minimum Gasteiger partial charge on any atom is -0.446 e. The highest BCUT2D eigenvalue weighted by molar-refractivity contribution is 5.86. The van der Waals surface area contributed by atoms with Gasteiger partial charge in [-0.1, -0.05) is 75.6 Å². The number of hydrogen-bond donors (Lipinski definition) is 1. The van der Waals surface area contributed by atoms with Crippen LogP contribution in [-0.4, -0.2) is 12.2 Å². The van der Waals surface area contributed by atoms with Crippen LogP contribution >= 0.6 is 0 Å². The molecule has 0 heterocycles. The lowest BCUT2D eigenvalue weighted by molar-refractivity contribution is 0.0835. The molecule has 0 aliphatic rings. The first-order chi connectivity index (χ1) is 11.7. The first kappa shape index (κ1) is 18.3. The van der Waals surface area contributed by atoms with Crippen molar-refractivity contribution in [1.29, 1.82) is 0 Å². The van der Waals surface area contributed by atoms with Crippen LogP contribution in [0.4, 0.5) is 4.79 Å². The zero-order valence-corrected chi connectivity index (χ0v) is 15.0. The largest absolute Gasteiger partial charge is 0.446 e. The Morgan fingerprint density at radius 3 is 2.54 bits per heavy atom. The van der Waals surface area contributed by atoms with Crippen LogP contribution in [0.15, 0.2) is 42.5 Å². The summed E-state index contributed by atoms with van der Waals surface area (Å²) in [4.78, 5) is 12.3. The minimum atomic E-state index is -0.315. The van der Waals surface area contributed by atoms with Gasteiger partial charge in [-0.25, -0.2) is 4.79 Å². The predicted molar refractivity (Wildman–Crippen MR) is 100 cm³/mol. The molecule has 0 saturated carbocycles. The fourth-order valence-corrected chi connectivity index (χ4v) is 3.08. The molecular formula is C21H29NO2. The second-order valence-corrected chi connectivity index (χ2v) is 6.39. The maximum atomic E-state index is 12.3. The summed E-state index contributed by atoms with van der Waals surface area (Å²) in [5, 5.41) is 5.35. The van der Waals surface area contributed by atoms with Crippen LogP contribution in [0, 0.1) is 0 Å². The topological polar surface area (TPSA) is 38.3 Å². The highest BCUT2D eigenvalue weighted by Crippen LogP contribution is 2.24. The molecule has 2 unspecified atom stereocenters. The molecule has 2 rings (SSSR count). The molecule has 24 heavy (non-hydrogen) atoms. The molecule has 0 aliphatic heterocycles. The average Bonchev–Trinajstić information content (AvgIpc) is 2.59. The van der Waals surface area contributed by atoms with Crippen molar-refractivity contribution in [2.45, 2.75) is 65.0 Å². The molecule has 0 bridgehead atoms. The van der Waals surface area contributed by atoms with Crippen molar-refractivity contribution in [2.75, 3.05) is 0 Å². The molecular weight excluding hydrogens is 298 g/mol. The number of amides is 1. The Labute approximate surface area is 145 Å². The number of benzene rings is 2. The van der Waals surface area contributed by atoms with E-state index in [4.69, 9.17) is 4.74 Å². The number of carbonyl (C=O) groups excluding carboxylic acids is 1. The average molecular weight is 327 g/mol. The van der Waals surface area contributed by atoms with E-state index in [1.54, 1.807) is 0 Å². The smallest absolute Gasteiger partial charge is 0.407 e. The second-order valence-electron chi connectivity index (χ2n) is 6.39.